The summed E-state index contributed by atoms with van der Waals surface area (Å²) in [6.07, 6.45) is 3.81. The van der Waals surface area contributed by atoms with E-state index in [2.05, 4.69) is 49.7 Å². The van der Waals surface area contributed by atoms with E-state index in [0.717, 1.165) is 5.76 Å². The maximum absolute atomic E-state index is 5.40. The highest BCUT2D eigenvalue weighted by molar-refractivity contribution is 7.98. The van der Waals surface area contributed by atoms with Crippen molar-refractivity contribution in [1.29, 1.82) is 0 Å². The molecule has 0 saturated heterocycles. The molecule has 0 aliphatic rings. The van der Waals surface area contributed by atoms with Crippen LogP contribution in [0.5, 0.6) is 0 Å². The molecule has 0 aliphatic carbocycles. The van der Waals surface area contributed by atoms with Gasteiger partial charge in [0.05, 0.1) is 12.3 Å². The Labute approximate surface area is 113 Å². The summed E-state index contributed by atoms with van der Waals surface area (Å²) in [5.74, 6) is 0.975. The van der Waals surface area contributed by atoms with Gasteiger partial charge in [0.15, 0.2) is 0 Å². The van der Waals surface area contributed by atoms with Crippen LogP contribution in [0.2, 0.25) is 0 Å². The number of furan rings is 1. The zero-order valence-electron chi connectivity index (χ0n) is 11.0. The molecule has 2 rings (SSSR count). The third-order valence-electron chi connectivity index (χ3n) is 3.09. The number of rotatable bonds is 5. The molecule has 2 nitrogen and oxygen atoms in total. The standard InChI is InChI=1S/C15H19NOS/c1-11(13-6-8-14(18-3)9-7-13)16-12(2)15-5-4-10-17-15/h4-12,16H,1-3H3. The topological polar surface area (TPSA) is 25.2 Å². The molecule has 18 heavy (non-hydrogen) atoms. The third kappa shape index (κ3) is 3.18. The minimum absolute atomic E-state index is 0.218. The summed E-state index contributed by atoms with van der Waals surface area (Å²) in [6.45, 7) is 4.29. The van der Waals surface area contributed by atoms with Crippen molar-refractivity contribution in [2.75, 3.05) is 6.26 Å². The Morgan fingerprint density at radius 3 is 2.33 bits per heavy atom. The van der Waals surface area contributed by atoms with Gasteiger partial charge in [-0.3, -0.25) is 0 Å². The van der Waals surface area contributed by atoms with Gasteiger partial charge in [-0.1, -0.05) is 12.1 Å². The van der Waals surface area contributed by atoms with Crippen molar-refractivity contribution in [3.05, 3.63) is 54.0 Å². The summed E-state index contributed by atoms with van der Waals surface area (Å²) in [5, 5.41) is 3.54. The van der Waals surface area contributed by atoms with Crippen molar-refractivity contribution in [3.8, 4) is 0 Å². The van der Waals surface area contributed by atoms with Crippen molar-refractivity contribution >= 4 is 11.8 Å². The van der Waals surface area contributed by atoms with Gasteiger partial charge in [-0.05, 0) is 49.9 Å². The molecular formula is C15H19NOS. The van der Waals surface area contributed by atoms with Gasteiger partial charge in [0.25, 0.3) is 0 Å². The van der Waals surface area contributed by atoms with Gasteiger partial charge in [-0.25, -0.2) is 0 Å². The Kier molecular flexibility index (Phi) is 4.50. The highest BCUT2D eigenvalue weighted by Crippen LogP contribution is 2.22. The SMILES string of the molecule is CSc1ccc(C(C)NC(C)c2ccco2)cc1. The van der Waals surface area contributed by atoms with E-state index in [1.165, 1.54) is 10.5 Å². The van der Waals surface area contributed by atoms with Crippen LogP contribution in [0.1, 0.15) is 37.3 Å². The maximum atomic E-state index is 5.40. The van der Waals surface area contributed by atoms with Gasteiger partial charge in [0, 0.05) is 10.9 Å². The summed E-state index contributed by atoms with van der Waals surface area (Å²) >= 11 is 1.77. The molecule has 0 spiro atoms. The molecule has 3 heteroatoms. The van der Waals surface area contributed by atoms with Gasteiger partial charge in [0.1, 0.15) is 5.76 Å². The second-order valence-corrected chi connectivity index (χ2v) is 5.28. The average molecular weight is 261 g/mol. The lowest BCUT2D eigenvalue weighted by Gasteiger charge is -2.19. The quantitative estimate of drug-likeness (QED) is 0.807. The first kappa shape index (κ1) is 13.2. The van der Waals surface area contributed by atoms with Crippen LogP contribution in [0.25, 0.3) is 0 Å². The molecule has 0 aliphatic heterocycles. The number of hydrogen-bond acceptors (Lipinski definition) is 3. The molecule has 96 valence electrons. The van der Waals surface area contributed by atoms with Gasteiger partial charge in [-0.15, -0.1) is 11.8 Å². The fraction of sp³-hybridized carbons (Fsp3) is 0.333. The molecule has 0 fully saturated rings. The monoisotopic (exact) mass is 261 g/mol. The van der Waals surface area contributed by atoms with Crippen LogP contribution in [0.4, 0.5) is 0 Å². The first-order chi connectivity index (χ1) is 8.70. The van der Waals surface area contributed by atoms with E-state index in [9.17, 15) is 0 Å². The molecule has 0 radical (unpaired) electrons. The van der Waals surface area contributed by atoms with Gasteiger partial charge in [-0.2, -0.15) is 0 Å². The van der Waals surface area contributed by atoms with Crippen LogP contribution in [0, 0.1) is 0 Å². The van der Waals surface area contributed by atoms with Crippen LogP contribution in [0.3, 0.4) is 0 Å². The Hall–Kier alpha value is -1.19. The molecule has 2 aromatic rings. The predicted octanol–water partition coefficient (Wildman–Crippen LogP) is 4.41. The van der Waals surface area contributed by atoms with Crippen molar-refractivity contribution in [2.45, 2.75) is 30.8 Å². The fourth-order valence-corrected chi connectivity index (χ4v) is 2.39. The van der Waals surface area contributed by atoms with Crippen molar-refractivity contribution < 1.29 is 4.42 Å². The molecule has 0 amide bonds. The number of thioether (sulfide) groups is 1. The van der Waals surface area contributed by atoms with E-state index < -0.39 is 0 Å². The smallest absolute Gasteiger partial charge is 0.120 e. The van der Waals surface area contributed by atoms with Crippen LogP contribution in [0.15, 0.2) is 52.0 Å². The zero-order valence-corrected chi connectivity index (χ0v) is 11.8. The maximum Gasteiger partial charge on any atom is 0.120 e. The van der Waals surface area contributed by atoms with Gasteiger partial charge >= 0.3 is 0 Å². The summed E-state index contributed by atoms with van der Waals surface area (Å²) in [4.78, 5) is 1.30. The molecule has 1 aromatic heterocycles. The average Bonchev–Trinajstić information content (AvgIpc) is 2.92. The minimum atomic E-state index is 0.218. The molecule has 1 heterocycles. The van der Waals surface area contributed by atoms with E-state index in [4.69, 9.17) is 4.42 Å². The lowest BCUT2D eigenvalue weighted by molar-refractivity contribution is 0.403. The lowest BCUT2D eigenvalue weighted by Crippen LogP contribution is -2.22. The fourth-order valence-electron chi connectivity index (χ4n) is 1.98. The number of benzene rings is 1. The first-order valence-electron chi connectivity index (χ1n) is 6.14. The van der Waals surface area contributed by atoms with Crippen LogP contribution < -0.4 is 5.32 Å². The summed E-state index contributed by atoms with van der Waals surface area (Å²) < 4.78 is 5.40. The predicted molar refractivity (Wildman–Crippen MR) is 76.9 cm³/mol. The highest BCUT2D eigenvalue weighted by atomic mass is 32.2. The van der Waals surface area contributed by atoms with E-state index in [1.807, 2.05) is 12.1 Å². The Morgan fingerprint density at radius 1 is 1.06 bits per heavy atom. The first-order valence-corrected chi connectivity index (χ1v) is 7.36. The highest BCUT2D eigenvalue weighted by Gasteiger charge is 2.12. The molecule has 2 unspecified atom stereocenters. The van der Waals surface area contributed by atoms with E-state index in [1.54, 1.807) is 18.0 Å². The second kappa shape index (κ2) is 6.12. The van der Waals surface area contributed by atoms with E-state index in [-0.39, 0.29) is 6.04 Å². The molecule has 1 N–H and O–H groups in total. The lowest BCUT2D eigenvalue weighted by atomic mass is 10.1. The van der Waals surface area contributed by atoms with Crippen LogP contribution >= 0.6 is 11.8 Å². The third-order valence-corrected chi connectivity index (χ3v) is 3.83. The van der Waals surface area contributed by atoms with E-state index >= 15 is 0 Å². The number of nitrogens with one attached hydrogen (secondary N) is 1. The molecule has 0 bridgehead atoms. The molecular weight excluding hydrogens is 242 g/mol. The van der Waals surface area contributed by atoms with Crippen LogP contribution in [-0.4, -0.2) is 6.26 Å². The zero-order chi connectivity index (χ0) is 13.0. The Bertz CT molecular complexity index is 464. The Morgan fingerprint density at radius 2 is 1.78 bits per heavy atom. The van der Waals surface area contributed by atoms with Crippen molar-refractivity contribution in [1.82, 2.24) is 5.32 Å². The van der Waals surface area contributed by atoms with Crippen molar-refractivity contribution in [2.24, 2.45) is 0 Å². The molecule has 1 aromatic carbocycles. The number of hydrogen-bond donors (Lipinski definition) is 1. The second-order valence-electron chi connectivity index (χ2n) is 4.40. The normalized spacial score (nSPS) is 14.4. The summed E-state index contributed by atoms with van der Waals surface area (Å²) in [7, 11) is 0. The largest absolute Gasteiger partial charge is 0.468 e. The summed E-state index contributed by atoms with van der Waals surface area (Å²) in [6, 6.07) is 13.1. The molecule has 2 atom stereocenters. The van der Waals surface area contributed by atoms with Gasteiger partial charge < -0.3 is 9.73 Å². The van der Waals surface area contributed by atoms with Crippen LogP contribution in [-0.2, 0) is 0 Å². The Balaban J connectivity index is 2.00. The van der Waals surface area contributed by atoms with E-state index in [0.29, 0.717) is 6.04 Å². The minimum Gasteiger partial charge on any atom is -0.468 e. The molecule has 0 saturated carbocycles. The summed E-state index contributed by atoms with van der Waals surface area (Å²) in [5.41, 5.74) is 1.30. The van der Waals surface area contributed by atoms with Gasteiger partial charge in [0.2, 0.25) is 0 Å². The van der Waals surface area contributed by atoms with Crippen molar-refractivity contribution in [3.63, 3.8) is 0 Å².